The first-order valence-electron chi connectivity index (χ1n) is 9.33. The molecular formula is C22H21F3N2O2. The van der Waals surface area contributed by atoms with Crippen molar-refractivity contribution in [3.05, 3.63) is 71.4 Å². The van der Waals surface area contributed by atoms with E-state index < -0.39 is 23.4 Å². The van der Waals surface area contributed by atoms with E-state index in [9.17, 15) is 22.8 Å². The van der Waals surface area contributed by atoms with Gasteiger partial charge >= 0.3 is 6.18 Å². The monoisotopic (exact) mass is 402 g/mol. The molecule has 4 nitrogen and oxygen atoms in total. The Morgan fingerprint density at radius 2 is 1.69 bits per heavy atom. The van der Waals surface area contributed by atoms with Crippen LogP contribution in [0.4, 0.5) is 13.2 Å². The molecule has 0 fully saturated rings. The Morgan fingerprint density at radius 1 is 1.00 bits per heavy atom. The molecule has 29 heavy (non-hydrogen) atoms. The number of alkyl halides is 3. The van der Waals surface area contributed by atoms with E-state index in [1.165, 1.54) is 11.0 Å². The largest absolute Gasteiger partial charge is 0.416 e. The van der Waals surface area contributed by atoms with Gasteiger partial charge in [-0.3, -0.25) is 9.59 Å². The van der Waals surface area contributed by atoms with Gasteiger partial charge in [0.05, 0.1) is 11.1 Å². The number of ketones is 1. The number of aromatic nitrogens is 1. The minimum Gasteiger partial charge on any atom is -0.342 e. The maximum atomic E-state index is 13.0. The molecule has 0 aliphatic carbocycles. The predicted octanol–water partition coefficient (Wildman–Crippen LogP) is 4.76. The molecule has 3 aromatic rings. The van der Waals surface area contributed by atoms with Crippen molar-refractivity contribution in [2.45, 2.75) is 26.6 Å². The van der Waals surface area contributed by atoms with Crippen molar-refractivity contribution >= 4 is 22.6 Å². The van der Waals surface area contributed by atoms with Gasteiger partial charge in [0.2, 0.25) is 0 Å². The van der Waals surface area contributed by atoms with Gasteiger partial charge in [0.15, 0.2) is 0 Å². The molecule has 0 radical (unpaired) electrons. The van der Waals surface area contributed by atoms with Gasteiger partial charge in [0.1, 0.15) is 0 Å². The summed E-state index contributed by atoms with van der Waals surface area (Å²) in [6, 6.07) is 12.1. The van der Waals surface area contributed by atoms with Crippen LogP contribution in [0, 0.1) is 0 Å². The number of benzene rings is 2. The number of para-hydroxylation sites is 1. The lowest BCUT2D eigenvalue weighted by Gasteiger charge is -2.17. The van der Waals surface area contributed by atoms with E-state index in [1.54, 1.807) is 54.9 Å². The van der Waals surface area contributed by atoms with Gasteiger partial charge < -0.3 is 9.47 Å². The number of likely N-dealkylation sites (N-methyl/N-ethyl adjacent to an activating group) is 1. The summed E-state index contributed by atoms with van der Waals surface area (Å²) in [5, 5.41) is 0.602. The van der Waals surface area contributed by atoms with Crippen molar-refractivity contribution in [2.75, 3.05) is 13.1 Å². The van der Waals surface area contributed by atoms with Gasteiger partial charge in [-0.05, 0) is 37.6 Å². The van der Waals surface area contributed by atoms with Gasteiger partial charge in [0, 0.05) is 36.7 Å². The second-order valence-electron chi connectivity index (χ2n) is 6.69. The fourth-order valence-electron chi connectivity index (χ4n) is 3.37. The van der Waals surface area contributed by atoms with Crippen LogP contribution in [0.25, 0.3) is 10.9 Å². The van der Waals surface area contributed by atoms with Gasteiger partial charge in [-0.1, -0.05) is 30.3 Å². The number of nitrogens with zero attached hydrogens (tertiary/aromatic N) is 2. The lowest BCUT2D eigenvalue weighted by Crippen LogP contribution is -2.36. The van der Waals surface area contributed by atoms with Crippen molar-refractivity contribution in [3.8, 4) is 0 Å². The normalized spacial score (nSPS) is 11.6. The van der Waals surface area contributed by atoms with Crippen molar-refractivity contribution in [1.29, 1.82) is 0 Å². The zero-order valence-corrected chi connectivity index (χ0v) is 16.2. The number of halogens is 3. The number of rotatable bonds is 6. The van der Waals surface area contributed by atoms with E-state index >= 15 is 0 Å². The number of amides is 1. The fourth-order valence-corrected chi connectivity index (χ4v) is 3.37. The smallest absolute Gasteiger partial charge is 0.342 e. The highest BCUT2D eigenvalue weighted by atomic mass is 19.4. The Balaban J connectivity index is 2.01. The van der Waals surface area contributed by atoms with Gasteiger partial charge in [-0.2, -0.15) is 13.2 Å². The topological polar surface area (TPSA) is 42.3 Å². The third kappa shape index (κ3) is 4.18. The number of Topliss-reactive ketones (excluding diaryl/α,β-unsaturated/α-hetero) is 1. The van der Waals surface area contributed by atoms with Crippen LogP contribution in [0.1, 0.15) is 35.3 Å². The second-order valence-corrected chi connectivity index (χ2v) is 6.69. The Labute approximate surface area is 166 Å². The molecule has 0 N–H and O–H groups in total. The highest BCUT2D eigenvalue weighted by Crippen LogP contribution is 2.30. The lowest BCUT2D eigenvalue weighted by atomic mass is 10.1. The third-order valence-corrected chi connectivity index (χ3v) is 4.89. The Bertz CT molecular complexity index is 1050. The van der Waals surface area contributed by atoms with E-state index in [0.717, 1.165) is 12.1 Å². The van der Waals surface area contributed by atoms with Crippen LogP contribution in [-0.2, 0) is 17.5 Å². The van der Waals surface area contributed by atoms with Crippen molar-refractivity contribution in [1.82, 2.24) is 9.47 Å². The highest BCUT2D eigenvalue weighted by molar-refractivity contribution is 6.44. The first-order valence-corrected chi connectivity index (χ1v) is 9.33. The molecule has 152 valence electrons. The number of hydrogen-bond donors (Lipinski definition) is 0. The standard InChI is InChI=1S/C22H21F3N2O2/c1-3-26(4-2)21(29)20(28)18-14-27(19-11-6-5-10-17(18)19)13-15-8-7-9-16(12-15)22(23,24)25/h5-12,14H,3-4,13H2,1-2H3. The molecule has 1 heterocycles. The van der Waals surface area contributed by atoms with Crippen molar-refractivity contribution in [3.63, 3.8) is 0 Å². The predicted molar refractivity (Wildman–Crippen MR) is 105 cm³/mol. The molecule has 0 aliphatic heterocycles. The number of carbonyl (C=O) groups excluding carboxylic acids is 2. The molecule has 0 saturated carbocycles. The molecule has 0 atom stereocenters. The summed E-state index contributed by atoms with van der Waals surface area (Å²) in [7, 11) is 0. The molecule has 0 spiro atoms. The van der Waals surface area contributed by atoms with Crippen LogP contribution < -0.4 is 0 Å². The van der Waals surface area contributed by atoms with E-state index in [0.29, 0.717) is 29.6 Å². The molecule has 2 aromatic carbocycles. The Morgan fingerprint density at radius 3 is 2.34 bits per heavy atom. The van der Waals surface area contributed by atoms with Gasteiger partial charge in [-0.15, -0.1) is 0 Å². The summed E-state index contributed by atoms with van der Waals surface area (Å²) >= 11 is 0. The minimum atomic E-state index is -4.42. The Hall–Kier alpha value is -3.09. The molecule has 3 rings (SSSR count). The van der Waals surface area contributed by atoms with Gasteiger partial charge in [-0.25, -0.2) is 0 Å². The SMILES string of the molecule is CCN(CC)C(=O)C(=O)c1cn(Cc2cccc(C(F)(F)F)c2)c2ccccc12. The van der Waals surface area contributed by atoms with E-state index in [1.807, 2.05) is 0 Å². The Kier molecular flexibility index (Phi) is 5.77. The first-order chi connectivity index (χ1) is 13.8. The average Bonchev–Trinajstić information content (AvgIpc) is 3.06. The summed E-state index contributed by atoms with van der Waals surface area (Å²) < 4.78 is 40.7. The third-order valence-electron chi connectivity index (χ3n) is 4.89. The summed E-state index contributed by atoms with van der Waals surface area (Å²) in [5.41, 5.74) is 0.666. The van der Waals surface area contributed by atoms with E-state index in [4.69, 9.17) is 0 Å². The average molecular weight is 402 g/mol. The summed E-state index contributed by atoms with van der Waals surface area (Å²) in [6.07, 6.45) is -2.87. The van der Waals surface area contributed by atoms with Gasteiger partial charge in [0.25, 0.3) is 11.7 Å². The van der Waals surface area contributed by atoms with Crippen molar-refractivity contribution in [2.24, 2.45) is 0 Å². The van der Waals surface area contributed by atoms with Crippen LogP contribution >= 0.6 is 0 Å². The number of fused-ring (bicyclic) bond motifs is 1. The zero-order chi connectivity index (χ0) is 21.2. The molecule has 7 heteroatoms. The molecule has 0 bridgehead atoms. The fraction of sp³-hybridized carbons (Fsp3) is 0.273. The lowest BCUT2D eigenvalue weighted by molar-refractivity contribution is -0.137. The van der Waals surface area contributed by atoms with Crippen LogP contribution in [0.15, 0.2) is 54.7 Å². The molecule has 1 amide bonds. The van der Waals surface area contributed by atoms with Crippen LogP contribution in [0.3, 0.4) is 0 Å². The molecule has 1 aromatic heterocycles. The zero-order valence-electron chi connectivity index (χ0n) is 16.2. The summed E-state index contributed by atoms with van der Waals surface area (Å²) in [4.78, 5) is 26.8. The second kappa shape index (κ2) is 8.11. The maximum Gasteiger partial charge on any atom is 0.416 e. The minimum absolute atomic E-state index is 0.150. The summed E-state index contributed by atoms with van der Waals surface area (Å²) in [5.74, 6) is -1.20. The van der Waals surface area contributed by atoms with E-state index in [-0.39, 0.29) is 12.1 Å². The van der Waals surface area contributed by atoms with Crippen molar-refractivity contribution < 1.29 is 22.8 Å². The number of carbonyl (C=O) groups is 2. The quantitative estimate of drug-likeness (QED) is 0.441. The maximum absolute atomic E-state index is 13.0. The van der Waals surface area contributed by atoms with Crippen LogP contribution in [0.2, 0.25) is 0 Å². The molecule has 0 aliphatic rings. The highest BCUT2D eigenvalue weighted by Gasteiger charge is 2.30. The first kappa shape index (κ1) is 20.6. The van der Waals surface area contributed by atoms with Crippen LogP contribution in [-0.4, -0.2) is 34.2 Å². The molecule has 0 unspecified atom stereocenters. The molecule has 0 saturated heterocycles. The number of hydrogen-bond acceptors (Lipinski definition) is 2. The molecular weight excluding hydrogens is 381 g/mol. The summed E-state index contributed by atoms with van der Waals surface area (Å²) in [6.45, 7) is 4.59. The van der Waals surface area contributed by atoms with Crippen LogP contribution in [0.5, 0.6) is 0 Å². The van der Waals surface area contributed by atoms with E-state index in [2.05, 4.69) is 0 Å².